The Kier molecular flexibility index (Phi) is 7.01. The molecule has 1 aromatic heterocycles. The van der Waals surface area contributed by atoms with Crippen LogP contribution >= 0.6 is 0 Å². The van der Waals surface area contributed by atoms with E-state index in [1.165, 1.54) is 29.2 Å². The normalized spacial score (nSPS) is 17.2. The first-order valence-electron chi connectivity index (χ1n) is 11.2. The number of ketones is 1. The number of ether oxygens (including phenoxy) is 1. The minimum Gasteiger partial charge on any atom is -0.507 e. The molecule has 0 bridgehead atoms. The summed E-state index contributed by atoms with van der Waals surface area (Å²) in [5.41, 5.74) is 1.59. The van der Waals surface area contributed by atoms with Crippen molar-refractivity contribution in [1.29, 1.82) is 0 Å². The molecule has 6 nitrogen and oxygen atoms in total. The summed E-state index contributed by atoms with van der Waals surface area (Å²) in [4.78, 5) is 31.6. The molecule has 1 fully saturated rings. The van der Waals surface area contributed by atoms with Gasteiger partial charge in [-0.3, -0.25) is 14.6 Å². The Bertz CT molecular complexity index is 1190. The summed E-state index contributed by atoms with van der Waals surface area (Å²) in [5, 5.41) is 11.1. The second-order valence-corrected chi connectivity index (χ2v) is 8.07. The van der Waals surface area contributed by atoms with Crippen LogP contribution in [-0.4, -0.2) is 33.3 Å². The lowest BCUT2D eigenvalue weighted by Crippen LogP contribution is -2.29. The number of aliphatic hydroxyl groups is 1. The lowest BCUT2D eigenvalue weighted by molar-refractivity contribution is -0.140. The molecular weight excluding hydrogens is 435 g/mol. The van der Waals surface area contributed by atoms with Crippen LogP contribution in [0.25, 0.3) is 5.76 Å². The zero-order valence-electron chi connectivity index (χ0n) is 18.8. The van der Waals surface area contributed by atoms with Crippen LogP contribution in [0.5, 0.6) is 5.75 Å². The fraction of sp³-hybridized carbons (Fsp3) is 0.222. The predicted octanol–water partition coefficient (Wildman–Crippen LogP) is 5.02. The first kappa shape index (κ1) is 23.2. The second kappa shape index (κ2) is 10.3. The van der Waals surface area contributed by atoms with Gasteiger partial charge >= 0.3 is 0 Å². The van der Waals surface area contributed by atoms with E-state index in [2.05, 4.69) is 11.9 Å². The van der Waals surface area contributed by atoms with Gasteiger partial charge < -0.3 is 14.7 Å². The SMILES string of the molecule is CCCCOc1ccc(/C(O)=C2\C(=O)C(=O)N(Cc3cccnc3)C2c2ccc(F)cc2)cc1. The van der Waals surface area contributed by atoms with Crippen molar-refractivity contribution in [2.24, 2.45) is 0 Å². The Labute approximate surface area is 197 Å². The number of halogens is 1. The Morgan fingerprint density at radius 2 is 1.82 bits per heavy atom. The van der Waals surface area contributed by atoms with Crippen molar-refractivity contribution in [2.75, 3.05) is 6.61 Å². The van der Waals surface area contributed by atoms with Crippen LogP contribution in [0.3, 0.4) is 0 Å². The molecular formula is C27H25FN2O4. The quantitative estimate of drug-likeness (QED) is 0.221. The van der Waals surface area contributed by atoms with E-state index in [1.807, 2.05) is 0 Å². The average molecular weight is 461 g/mol. The third-order valence-electron chi connectivity index (χ3n) is 5.70. The summed E-state index contributed by atoms with van der Waals surface area (Å²) < 4.78 is 19.3. The number of benzene rings is 2. The topological polar surface area (TPSA) is 79.7 Å². The van der Waals surface area contributed by atoms with Crippen LogP contribution in [0, 0.1) is 5.82 Å². The number of Topliss-reactive ketones (excluding diaryl/α,β-unsaturated/α-hetero) is 1. The van der Waals surface area contributed by atoms with Crippen molar-refractivity contribution >= 4 is 17.4 Å². The minimum atomic E-state index is -0.874. The zero-order valence-corrected chi connectivity index (χ0v) is 18.8. The van der Waals surface area contributed by atoms with Crippen molar-refractivity contribution in [1.82, 2.24) is 9.88 Å². The molecule has 3 aromatic rings. The monoisotopic (exact) mass is 460 g/mol. The lowest BCUT2D eigenvalue weighted by Gasteiger charge is -2.25. The molecule has 1 N–H and O–H groups in total. The van der Waals surface area contributed by atoms with E-state index in [0.717, 1.165) is 18.4 Å². The van der Waals surface area contributed by atoms with Crippen molar-refractivity contribution in [3.05, 3.63) is 101 Å². The number of unbranched alkanes of at least 4 members (excludes halogenated alkanes) is 1. The maximum atomic E-state index is 13.6. The maximum absolute atomic E-state index is 13.6. The van der Waals surface area contributed by atoms with Crippen LogP contribution in [-0.2, 0) is 16.1 Å². The summed E-state index contributed by atoms with van der Waals surface area (Å²) in [5.74, 6) is -1.61. The van der Waals surface area contributed by atoms with Crippen molar-refractivity contribution in [3.8, 4) is 5.75 Å². The third-order valence-corrected chi connectivity index (χ3v) is 5.70. The van der Waals surface area contributed by atoms with Gasteiger partial charge in [0.15, 0.2) is 0 Å². The number of amides is 1. The highest BCUT2D eigenvalue weighted by molar-refractivity contribution is 6.46. The van der Waals surface area contributed by atoms with Gasteiger partial charge in [0, 0.05) is 24.5 Å². The molecule has 0 spiro atoms. The maximum Gasteiger partial charge on any atom is 0.295 e. The molecule has 1 amide bonds. The largest absolute Gasteiger partial charge is 0.507 e. The number of nitrogens with zero attached hydrogens (tertiary/aromatic N) is 2. The summed E-state index contributed by atoms with van der Waals surface area (Å²) in [6.45, 7) is 2.78. The molecule has 0 saturated carbocycles. The molecule has 1 saturated heterocycles. The third kappa shape index (κ3) is 4.83. The molecule has 1 aliphatic rings. The van der Waals surface area contributed by atoms with E-state index in [1.54, 1.807) is 48.8 Å². The summed E-state index contributed by atoms with van der Waals surface area (Å²) in [6.07, 6.45) is 5.17. The number of pyridine rings is 1. The molecule has 2 aromatic carbocycles. The molecule has 1 unspecified atom stereocenters. The molecule has 7 heteroatoms. The van der Waals surface area contributed by atoms with E-state index in [-0.39, 0.29) is 17.9 Å². The number of aliphatic hydroxyl groups excluding tert-OH is 1. The van der Waals surface area contributed by atoms with Gasteiger partial charge in [0.25, 0.3) is 11.7 Å². The molecule has 4 rings (SSSR count). The van der Waals surface area contributed by atoms with Crippen molar-refractivity contribution in [3.63, 3.8) is 0 Å². The van der Waals surface area contributed by atoms with E-state index in [9.17, 15) is 19.1 Å². The number of hydrogen-bond donors (Lipinski definition) is 1. The zero-order chi connectivity index (χ0) is 24.1. The Hall–Kier alpha value is -4.00. The molecule has 0 aliphatic carbocycles. The number of likely N-dealkylation sites (tertiary alicyclic amines) is 1. The minimum absolute atomic E-state index is 0.0415. The van der Waals surface area contributed by atoms with E-state index in [4.69, 9.17) is 4.74 Å². The number of carbonyl (C=O) groups excluding carboxylic acids is 2. The molecule has 174 valence electrons. The number of hydrogen-bond acceptors (Lipinski definition) is 5. The van der Waals surface area contributed by atoms with Crippen LogP contribution in [0.15, 0.2) is 78.6 Å². The Morgan fingerprint density at radius 3 is 2.47 bits per heavy atom. The van der Waals surface area contributed by atoms with Gasteiger partial charge in [-0.25, -0.2) is 4.39 Å². The van der Waals surface area contributed by atoms with Gasteiger partial charge in [-0.05, 0) is 60.0 Å². The molecule has 0 radical (unpaired) electrons. The van der Waals surface area contributed by atoms with Gasteiger partial charge in [0.1, 0.15) is 17.3 Å². The highest BCUT2D eigenvalue weighted by atomic mass is 19.1. The van der Waals surface area contributed by atoms with Gasteiger partial charge in [0.2, 0.25) is 0 Å². The highest BCUT2D eigenvalue weighted by Gasteiger charge is 2.46. The summed E-state index contributed by atoms with van der Waals surface area (Å²) >= 11 is 0. The van der Waals surface area contributed by atoms with Crippen molar-refractivity contribution < 1.29 is 23.8 Å². The smallest absolute Gasteiger partial charge is 0.295 e. The summed E-state index contributed by atoms with van der Waals surface area (Å²) in [7, 11) is 0. The molecule has 2 heterocycles. The Morgan fingerprint density at radius 1 is 1.09 bits per heavy atom. The number of aromatic nitrogens is 1. The standard InChI is InChI=1S/C27H25FN2O4/c1-2-3-15-34-22-12-8-20(9-13-22)25(31)23-24(19-6-10-21(28)11-7-19)30(27(33)26(23)32)17-18-5-4-14-29-16-18/h4-14,16,24,31H,2-3,15,17H2,1H3/b25-23+. The first-order valence-corrected chi connectivity index (χ1v) is 11.2. The van der Waals surface area contributed by atoms with Crippen molar-refractivity contribution in [2.45, 2.75) is 32.4 Å². The summed E-state index contributed by atoms with van der Waals surface area (Å²) in [6, 6.07) is 14.9. The van der Waals surface area contributed by atoms with Crippen LogP contribution in [0.2, 0.25) is 0 Å². The molecule has 1 atom stereocenters. The number of rotatable bonds is 8. The van der Waals surface area contributed by atoms with E-state index >= 15 is 0 Å². The van der Waals surface area contributed by atoms with E-state index < -0.39 is 23.5 Å². The van der Waals surface area contributed by atoms with Gasteiger partial charge in [-0.15, -0.1) is 0 Å². The van der Waals surface area contributed by atoms with Crippen LogP contribution in [0.4, 0.5) is 4.39 Å². The van der Waals surface area contributed by atoms with Crippen LogP contribution < -0.4 is 4.74 Å². The fourth-order valence-electron chi connectivity index (χ4n) is 3.92. The predicted molar refractivity (Wildman–Crippen MR) is 125 cm³/mol. The molecule has 34 heavy (non-hydrogen) atoms. The molecule has 1 aliphatic heterocycles. The number of carbonyl (C=O) groups is 2. The van der Waals surface area contributed by atoms with E-state index in [0.29, 0.717) is 23.5 Å². The highest BCUT2D eigenvalue weighted by Crippen LogP contribution is 2.40. The Balaban J connectivity index is 1.74. The van der Waals surface area contributed by atoms with Gasteiger partial charge in [-0.2, -0.15) is 0 Å². The lowest BCUT2D eigenvalue weighted by atomic mass is 9.95. The average Bonchev–Trinajstić information content (AvgIpc) is 3.10. The van der Waals surface area contributed by atoms with Gasteiger partial charge in [-0.1, -0.05) is 31.5 Å². The van der Waals surface area contributed by atoms with Gasteiger partial charge in [0.05, 0.1) is 18.2 Å². The fourth-order valence-corrected chi connectivity index (χ4v) is 3.92. The second-order valence-electron chi connectivity index (χ2n) is 8.07. The van der Waals surface area contributed by atoms with Crippen LogP contribution in [0.1, 0.15) is 42.5 Å². The first-order chi connectivity index (χ1) is 16.5.